The lowest BCUT2D eigenvalue weighted by molar-refractivity contribution is -0.133. The number of nitrogens with zero attached hydrogens (tertiary/aromatic N) is 1. The van der Waals surface area contributed by atoms with Crippen LogP contribution in [0.4, 0.5) is 4.39 Å². The Morgan fingerprint density at radius 2 is 2.11 bits per heavy atom. The first-order valence-electron chi connectivity index (χ1n) is 6.54. The van der Waals surface area contributed by atoms with Crippen LogP contribution in [-0.2, 0) is 4.79 Å². The van der Waals surface area contributed by atoms with Crippen LogP contribution in [0, 0.1) is 23.6 Å². The highest BCUT2D eigenvalue weighted by molar-refractivity contribution is 5.74. The number of halogens is 1. The fourth-order valence-corrected chi connectivity index (χ4v) is 2.09. The van der Waals surface area contributed by atoms with E-state index in [2.05, 4.69) is 11.8 Å². The molecule has 1 heterocycles. The molecular weight excluding hydrogens is 241 g/mol. The van der Waals surface area contributed by atoms with Crippen LogP contribution >= 0.6 is 0 Å². The molecule has 0 radical (unpaired) electrons. The van der Waals surface area contributed by atoms with Gasteiger partial charge >= 0.3 is 0 Å². The third-order valence-corrected chi connectivity index (χ3v) is 3.37. The predicted molar refractivity (Wildman–Crippen MR) is 73.1 cm³/mol. The highest BCUT2D eigenvalue weighted by atomic mass is 19.1. The third kappa shape index (κ3) is 3.14. The number of likely N-dealkylation sites (tertiary alicyclic amines) is 1. The maximum Gasteiger partial charge on any atom is 0.219 e. The normalized spacial score (nSPS) is 14.9. The minimum absolute atomic E-state index is 0.0883. The fraction of sp³-hybridized carbons (Fsp3) is 0.438. The van der Waals surface area contributed by atoms with Gasteiger partial charge in [0.1, 0.15) is 5.82 Å². The van der Waals surface area contributed by atoms with Crippen LogP contribution in [0.25, 0.3) is 0 Å². The topological polar surface area (TPSA) is 20.3 Å². The average Bonchev–Trinajstić information content (AvgIpc) is 2.25. The molecule has 100 valence electrons. The van der Waals surface area contributed by atoms with Gasteiger partial charge < -0.3 is 4.90 Å². The van der Waals surface area contributed by atoms with Crippen LogP contribution in [0.15, 0.2) is 18.2 Å². The molecule has 0 aliphatic carbocycles. The van der Waals surface area contributed by atoms with E-state index >= 15 is 0 Å². The zero-order valence-corrected chi connectivity index (χ0v) is 11.5. The summed E-state index contributed by atoms with van der Waals surface area (Å²) in [4.78, 5) is 12.8. The van der Waals surface area contributed by atoms with Gasteiger partial charge in [0, 0.05) is 25.6 Å². The Bertz CT molecular complexity index is 548. The summed E-state index contributed by atoms with van der Waals surface area (Å²) in [7, 11) is 0. The SMILES string of the molecule is CC(=O)N1CC(C#Cc2ccc(C(C)C)c(F)c2)C1. The molecule has 1 saturated heterocycles. The van der Waals surface area contributed by atoms with E-state index in [1.807, 2.05) is 19.9 Å². The van der Waals surface area contributed by atoms with Crippen molar-refractivity contribution in [3.05, 3.63) is 35.1 Å². The van der Waals surface area contributed by atoms with Crippen molar-refractivity contribution in [1.29, 1.82) is 0 Å². The molecule has 0 N–H and O–H groups in total. The van der Waals surface area contributed by atoms with E-state index in [-0.39, 0.29) is 23.6 Å². The quantitative estimate of drug-likeness (QED) is 0.710. The lowest BCUT2D eigenvalue weighted by Crippen LogP contribution is -2.48. The van der Waals surface area contributed by atoms with Crippen molar-refractivity contribution in [1.82, 2.24) is 4.90 Å². The summed E-state index contributed by atoms with van der Waals surface area (Å²) in [5, 5.41) is 0. The number of carbonyl (C=O) groups excluding carboxylic acids is 1. The number of hydrogen-bond acceptors (Lipinski definition) is 1. The number of rotatable bonds is 1. The first kappa shape index (κ1) is 13.6. The van der Waals surface area contributed by atoms with Crippen molar-refractivity contribution in [2.24, 2.45) is 5.92 Å². The molecule has 0 bridgehead atoms. The molecule has 19 heavy (non-hydrogen) atoms. The van der Waals surface area contributed by atoms with Crippen molar-refractivity contribution in [2.45, 2.75) is 26.7 Å². The molecule has 0 saturated carbocycles. The Labute approximate surface area is 113 Å². The van der Waals surface area contributed by atoms with Gasteiger partial charge in [0.05, 0.1) is 5.92 Å². The number of amides is 1. The molecule has 1 fully saturated rings. The monoisotopic (exact) mass is 259 g/mol. The van der Waals surface area contributed by atoms with Gasteiger partial charge in [0.2, 0.25) is 5.91 Å². The summed E-state index contributed by atoms with van der Waals surface area (Å²) >= 11 is 0. The zero-order chi connectivity index (χ0) is 14.0. The van der Waals surface area contributed by atoms with Gasteiger partial charge in [-0.1, -0.05) is 31.8 Å². The first-order valence-corrected chi connectivity index (χ1v) is 6.54. The molecule has 0 unspecified atom stereocenters. The number of carbonyl (C=O) groups is 1. The van der Waals surface area contributed by atoms with E-state index in [0.717, 1.165) is 5.56 Å². The van der Waals surface area contributed by atoms with Crippen LogP contribution in [0.1, 0.15) is 37.8 Å². The predicted octanol–water partition coefficient (Wildman–Crippen LogP) is 2.78. The van der Waals surface area contributed by atoms with Gasteiger partial charge in [0.15, 0.2) is 0 Å². The van der Waals surface area contributed by atoms with Gasteiger partial charge in [-0.25, -0.2) is 4.39 Å². The van der Waals surface area contributed by atoms with Crippen LogP contribution in [0.5, 0.6) is 0 Å². The molecule has 2 nitrogen and oxygen atoms in total. The van der Waals surface area contributed by atoms with Crippen molar-refractivity contribution >= 4 is 5.91 Å². The second-order valence-corrected chi connectivity index (χ2v) is 5.28. The van der Waals surface area contributed by atoms with Crippen LogP contribution in [0.3, 0.4) is 0 Å². The molecule has 2 rings (SSSR count). The third-order valence-electron chi connectivity index (χ3n) is 3.37. The summed E-state index contributed by atoms with van der Waals surface area (Å²) in [6.07, 6.45) is 0. The van der Waals surface area contributed by atoms with Crippen molar-refractivity contribution < 1.29 is 9.18 Å². The average molecular weight is 259 g/mol. The van der Waals surface area contributed by atoms with E-state index in [0.29, 0.717) is 18.7 Å². The first-order chi connectivity index (χ1) is 8.97. The number of hydrogen-bond donors (Lipinski definition) is 0. The van der Waals surface area contributed by atoms with Crippen LogP contribution < -0.4 is 0 Å². The molecule has 1 amide bonds. The molecule has 1 aliphatic heterocycles. The lowest BCUT2D eigenvalue weighted by atomic mass is 9.99. The Morgan fingerprint density at radius 3 is 2.63 bits per heavy atom. The summed E-state index contributed by atoms with van der Waals surface area (Å²) < 4.78 is 13.8. The summed E-state index contributed by atoms with van der Waals surface area (Å²) in [5.74, 6) is 6.36. The second kappa shape index (κ2) is 5.44. The Hall–Kier alpha value is -1.82. The summed E-state index contributed by atoms with van der Waals surface area (Å²) in [6.45, 7) is 6.87. The van der Waals surface area contributed by atoms with Gasteiger partial charge in [-0.2, -0.15) is 0 Å². The minimum Gasteiger partial charge on any atom is -0.340 e. The molecular formula is C16H18FNO. The molecule has 1 aliphatic rings. The Kier molecular flexibility index (Phi) is 3.90. The van der Waals surface area contributed by atoms with E-state index in [1.54, 1.807) is 17.9 Å². The summed E-state index contributed by atoms with van der Waals surface area (Å²) in [5.41, 5.74) is 1.42. The highest BCUT2D eigenvalue weighted by Gasteiger charge is 2.26. The zero-order valence-electron chi connectivity index (χ0n) is 11.5. The van der Waals surface area contributed by atoms with Crippen molar-refractivity contribution in [3.63, 3.8) is 0 Å². The van der Waals surface area contributed by atoms with E-state index in [9.17, 15) is 9.18 Å². The van der Waals surface area contributed by atoms with Gasteiger partial charge in [-0.05, 0) is 23.6 Å². The largest absolute Gasteiger partial charge is 0.340 e. The van der Waals surface area contributed by atoms with E-state index in [1.165, 1.54) is 6.07 Å². The van der Waals surface area contributed by atoms with Gasteiger partial charge in [-0.3, -0.25) is 4.79 Å². The highest BCUT2D eigenvalue weighted by Crippen LogP contribution is 2.19. The molecule has 0 spiro atoms. The molecule has 1 aromatic carbocycles. The van der Waals surface area contributed by atoms with Crippen molar-refractivity contribution in [3.8, 4) is 11.8 Å². The van der Waals surface area contributed by atoms with Crippen LogP contribution in [-0.4, -0.2) is 23.9 Å². The molecule has 1 aromatic rings. The van der Waals surface area contributed by atoms with Crippen LogP contribution in [0.2, 0.25) is 0 Å². The Balaban J connectivity index is 2.02. The van der Waals surface area contributed by atoms with E-state index < -0.39 is 0 Å². The Morgan fingerprint density at radius 1 is 1.42 bits per heavy atom. The maximum absolute atomic E-state index is 13.8. The molecule has 0 atom stereocenters. The maximum atomic E-state index is 13.8. The summed E-state index contributed by atoms with van der Waals surface area (Å²) in [6, 6.07) is 5.14. The van der Waals surface area contributed by atoms with Crippen molar-refractivity contribution in [2.75, 3.05) is 13.1 Å². The minimum atomic E-state index is -0.194. The second-order valence-electron chi connectivity index (χ2n) is 5.28. The van der Waals surface area contributed by atoms with Gasteiger partial charge in [0.25, 0.3) is 0 Å². The number of benzene rings is 1. The smallest absolute Gasteiger partial charge is 0.219 e. The molecule has 0 aromatic heterocycles. The lowest BCUT2D eigenvalue weighted by Gasteiger charge is -2.35. The standard InChI is InChI=1S/C16H18FNO/c1-11(2)15-7-6-13(8-16(15)17)4-5-14-9-18(10-14)12(3)19/h6-8,11,14H,9-10H2,1-3H3. The van der Waals surface area contributed by atoms with E-state index in [4.69, 9.17) is 0 Å². The van der Waals surface area contributed by atoms with Gasteiger partial charge in [-0.15, -0.1) is 0 Å². The molecule has 3 heteroatoms. The fourth-order valence-electron chi connectivity index (χ4n) is 2.09.